The molecule has 3 rings (SSSR count). The summed E-state index contributed by atoms with van der Waals surface area (Å²) >= 11 is 0. The van der Waals surface area contributed by atoms with E-state index >= 15 is 0 Å². The third-order valence-electron chi connectivity index (χ3n) is 5.69. The van der Waals surface area contributed by atoms with Gasteiger partial charge in [-0.05, 0) is 34.2 Å². The van der Waals surface area contributed by atoms with Gasteiger partial charge in [0.25, 0.3) is 0 Å². The Morgan fingerprint density at radius 2 is 2.12 bits per heavy atom. The van der Waals surface area contributed by atoms with Crippen molar-refractivity contribution in [3.63, 3.8) is 0 Å². The van der Waals surface area contributed by atoms with Crippen LogP contribution in [0.5, 0.6) is 0 Å². The van der Waals surface area contributed by atoms with E-state index in [1.807, 2.05) is 20.8 Å². The van der Waals surface area contributed by atoms with Gasteiger partial charge in [-0.2, -0.15) is 0 Å². The number of aromatic nitrogens is 1. The molecular formula is C17H22N4O5. The van der Waals surface area contributed by atoms with Crippen molar-refractivity contribution < 1.29 is 19.6 Å². The number of carboxylic acid groups (broad SMARTS) is 1. The first-order valence-corrected chi connectivity index (χ1v) is 8.50. The van der Waals surface area contributed by atoms with Crippen molar-refractivity contribution in [2.24, 2.45) is 5.41 Å². The fourth-order valence-electron chi connectivity index (χ4n) is 4.25. The number of nitro groups is 1. The summed E-state index contributed by atoms with van der Waals surface area (Å²) in [6, 6.07) is 2.42. The summed E-state index contributed by atoms with van der Waals surface area (Å²) in [5, 5.41) is 20.6. The predicted octanol–water partition coefficient (Wildman–Crippen LogP) is 2.65. The van der Waals surface area contributed by atoms with Gasteiger partial charge in [0, 0.05) is 12.6 Å². The van der Waals surface area contributed by atoms with Gasteiger partial charge in [0.1, 0.15) is 0 Å². The van der Waals surface area contributed by atoms with Crippen LogP contribution in [-0.2, 0) is 4.79 Å². The zero-order chi connectivity index (χ0) is 19.3. The second-order valence-corrected chi connectivity index (χ2v) is 7.94. The van der Waals surface area contributed by atoms with E-state index in [9.17, 15) is 24.8 Å². The first-order valence-electron chi connectivity index (χ1n) is 8.50. The van der Waals surface area contributed by atoms with Gasteiger partial charge in [-0.15, -0.1) is 0 Å². The molecule has 26 heavy (non-hydrogen) atoms. The van der Waals surface area contributed by atoms with Gasteiger partial charge in [0.15, 0.2) is 6.20 Å². The van der Waals surface area contributed by atoms with Gasteiger partial charge in [0.05, 0.1) is 23.7 Å². The molecule has 2 saturated heterocycles. The van der Waals surface area contributed by atoms with E-state index in [0.29, 0.717) is 18.5 Å². The average Bonchev–Trinajstić information content (AvgIpc) is 2.84. The number of pyridine rings is 1. The van der Waals surface area contributed by atoms with E-state index in [1.54, 1.807) is 0 Å². The molecule has 1 aromatic rings. The maximum absolute atomic E-state index is 13.0. The first-order chi connectivity index (χ1) is 12.1. The summed E-state index contributed by atoms with van der Waals surface area (Å²) in [5.74, 6) is -0.486. The highest BCUT2D eigenvalue weighted by Crippen LogP contribution is 2.50. The zero-order valence-corrected chi connectivity index (χ0v) is 15.0. The minimum Gasteiger partial charge on any atom is -0.465 e. The molecule has 2 aliphatic rings. The van der Waals surface area contributed by atoms with Gasteiger partial charge >= 0.3 is 11.9 Å². The molecule has 2 atom stereocenters. The van der Waals surface area contributed by atoms with Crippen LogP contribution in [0.15, 0.2) is 18.3 Å². The fourth-order valence-corrected chi connectivity index (χ4v) is 4.25. The fraction of sp³-hybridized carbons (Fsp3) is 0.588. The van der Waals surface area contributed by atoms with Gasteiger partial charge in [0.2, 0.25) is 5.91 Å². The van der Waals surface area contributed by atoms with Crippen LogP contribution in [0, 0.1) is 15.5 Å². The van der Waals surface area contributed by atoms with E-state index in [-0.39, 0.29) is 30.7 Å². The van der Waals surface area contributed by atoms with Crippen LogP contribution in [0.1, 0.15) is 40.0 Å². The van der Waals surface area contributed by atoms with Crippen molar-refractivity contribution in [3.05, 3.63) is 28.4 Å². The van der Waals surface area contributed by atoms with E-state index in [1.165, 1.54) is 28.1 Å². The SMILES string of the molecule is CC(C)(C)C12CC[C@@H](CN(c3ccc([N+](=O)[O-])nc3)C(=O)C1)N2C(=O)O. The number of fused-ring (bicyclic) bond motifs is 2. The Kier molecular flexibility index (Phi) is 4.12. The molecule has 1 N–H and O–H groups in total. The van der Waals surface area contributed by atoms with E-state index in [4.69, 9.17) is 0 Å². The summed E-state index contributed by atoms with van der Waals surface area (Å²) in [4.78, 5) is 41.9. The van der Waals surface area contributed by atoms with Crippen molar-refractivity contribution in [3.8, 4) is 0 Å². The highest BCUT2D eigenvalue weighted by Gasteiger charge is 2.59. The van der Waals surface area contributed by atoms with Gasteiger partial charge in [-0.1, -0.05) is 20.8 Å². The van der Waals surface area contributed by atoms with Gasteiger partial charge in [-0.3, -0.25) is 9.69 Å². The summed E-state index contributed by atoms with van der Waals surface area (Å²) in [7, 11) is 0. The van der Waals surface area contributed by atoms with Crippen LogP contribution >= 0.6 is 0 Å². The molecule has 0 saturated carbocycles. The molecule has 1 unspecified atom stereocenters. The molecular weight excluding hydrogens is 340 g/mol. The Morgan fingerprint density at radius 3 is 2.62 bits per heavy atom. The molecule has 1 aromatic heterocycles. The van der Waals surface area contributed by atoms with Crippen LogP contribution < -0.4 is 4.90 Å². The highest BCUT2D eigenvalue weighted by atomic mass is 16.6. The molecule has 0 radical (unpaired) electrons. The lowest BCUT2D eigenvalue weighted by atomic mass is 9.69. The molecule has 2 amide bonds. The number of rotatable bonds is 2. The minimum atomic E-state index is -1.01. The zero-order valence-electron chi connectivity index (χ0n) is 15.0. The Balaban J connectivity index is 2.00. The quantitative estimate of drug-likeness (QED) is 0.638. The summed E-state index contributed by atoms with van der Waals surface area (Å²) in [6.07, 6.45) is 1.68. The Morgan fingerprint density at radius 1 is 1.42 bits per heavy atom. The lowest BCUT2D eigenvalue weighted by Crippen LogP contribution is -2.57. The first kappa shape index (κ1) is 18.1. The molecule has 0 spiro atoms. The maximum Gasteiger partial charge on any atom is 0.408 e. The van der Waals surface area contributed by atoms with Crippen LogP contribution in [-0.4, -0.2) is 50.0 Å². The number of anilines is 1. The lowest BCUT2D eigenvalue weighted by Gasteiger charge is -2.46. The molecule has 2 aliphatic heterocycles. The van der Waals surface area contributed by atoms with Crippen molar-refractivity contribution >= 4 is 23.5 Å². The van der Waals surface area contributed by atoms with Crippen LogP contribution in [0.25, 0.3) is 0 Å². The number of carbonyl (C=O) groups excluding carboxylic acids is 1. The molecule has 3 heterocycles. The summed E-state index contributed by atoms with van der Waals surface area (Å²) in [5.41, 5.74) is -0.717. The molecule has 0 aromatic carbocycles. The molecule has 2 fully saturated rings. The Labute approximate surface area is 150 Å². The number of carbonyl (C=O) groups is 2. The normalized spacial score (nSPS) is 26.0. The molecule has 9 nitrogen and oxygen atoms in total. The van der Waals surface area contributed by atoms with Crippen LogP contribution in [0.3, 0.4) is 0 Å². The predicted molar refractivity (Wildman–Crippen MR) is 92.9 cm³/mol. The van der Waals surface area contributed by atoms with Crippen LogP contribution in [0.4, 0.5) is 16.3 Å². The summed E-state index contributed by atoms with van der Waals surface area (Å²) in [6.45, 7) is 6.10. The smallest absolute Gasteiger partial charge is 0.408 e. The van der Waals surface area contributed by atoms with E-state index in [2.05, 4.69) is 4.98 Å². The van der Waals surface area contributed by atoms with Gasteiger partial charge in [-0.25, -0.2) is 4.79 Å². The monoisotopic (exact) mass is 362 g/mol. The lowest BCUT2D eigenvalue weighted by molar-refractivity contribution is -0.389. The number of amides is 2. The molecule has 140 valence electrons. The Hall–Kier alpha value is -2.71. The van der Waals surface area contributed by atoms with Crippen molar-refractivity contribution in [2.45, 2.75) is 51.6 Å². The van der Waals surface area contributed by atoms with Crippen LogP contribution in [0.2, 0.25) is 0 Å². The average molecular weight is 362 g/mol. The van der Waals surface area contributed by atoms with E-state index < -0.39 is 22.0 Å². The maximum atomic E-state index is 13.0. The molecule has 9 heteroatoms. The second-order valence-electron chi connectivity index (χ2n) is 7.94. The number of hydrogen-bond donors (Lipinski definition) is 1. The molecule has 0 aliphatic carbocycles. The summed E-state index contributed by atoms with van der Waals surface area (Å²) < 4.78 is 0. The standard InChI is InChI=1S/C17H22N4O5/c1-16(2,3)17-7-6-12(20(17)15(23)24)10-19(14(22)8-17)11-4-5-13(18-9-11)21(25)26/h4-5,9,12H,6-8,10H2,1-3H3,(H,23,24)/t12-,17?/m0/s1. The van der Waals surface area contributed by atoms with Gasteiger partial charge < -0.3 is 20.1 Å². The Bertz CT molecular complexity index is 757. The highest BCUT2D eigenvalue weighted by molar-refractivity contribution is 5.95. The molecule has 2 bridgehead atoms. The number of nitrogens with zero attached hydrogens (tertiary/aromatic N) is 4. The third-order valence-corrected chi connectivity index (χ3v) is 5.69. The third kappa shape index (κ3) is 2.67. The number of hydrogen-bond acceptors (Lipinski definition) is 5. The largest absolute Gasteiger partial charge is 0.465 e. The van der Waals surface area contributed by atoms with Crippen molar-refractivity contribution in [1.82, 2.24) is 9.88 Å². The van der Waals surface area contributed by atoms with E-state index in [0.717, 1.165) is 0 Å². The van der Waals surface area contributed by atoms with Crippen molar-refractivity contribution in [1.29, 1.82) is 0 Å². The minimum absolute atomic E-state index is 0.0797. The second kappa shape index (κ2) is 5.93. The van der Waals surface area contributed by atoms with Crippen molar-refractivity contribution in [2.75, 3.05) is 11.4 Å². The topological polar surface area (TPSA) is 117 Å².